The van der Waals surface area contributed by atoms with Crippen LogP contribution >= 0.6 is 0 Å². The molecular weight excluding hydrogens is 556 g/mol. The van der Waals surface area contributed by atoms with Crippen LogP contribution in [0.1, 0.15) is 47.7 Å². The van der Waals surface area contributed by atoms with Crippen molar-refractivity contribution < 1.29 is 29.0 Å². The molecule has 0 bridgehead atoms. The molecule has 1 amide bonds. The van der Waals surface area contributed by atoms with E-state index in [2.05, 4.69) is 5.32 Å². The summed E-state index contributed by atoms with van der Waals surface area (Å²) in [5.41, 5.74) is 2.95. The molecule has 0 saturated carbocycles. The lowest BCUT2D eigenvalue weighted by Gasteiger charge is -2.24. The molecule has 0 unspecified atom stereocenters. The largest absolute Gasteiger partial charge is 0.495 e. The molecule has 0 aromatic heterocycles. The maximum atomic E-state index is 13.1. The van der Waals surface area contributed by atoms with Gasteiger partial charge in [0.25, 0.3) is 0 Å². The fourth-order valence-corrected chi connectivity index (χ4v) is 4.89. The number of carboxylic acid groups (broad SMARTS) is 1. The molecule has 0 aliphatic rings. The van der Waals surface area contributed by atoms with Crippen molar-refractivity contribution in [2.24, 2.45) is 0 Å². The average Bonchev–Trinajstić information content (AvgIpc) is 3.05. The quantitative estimate of drug-likeness (QED) is 0.111. The van der Waals surface area contributed by atoms with Gasteiger partial charge in [-0.05, 0) is 54.8 Å². The highest BCUT2D eigenvalue weighted by molar-refractivity contribution is 6.12. The van der Waals surface area contributed by atoms with Crippen LogP contribution in [0.15, 0.2) is 103 Å². The Morgan fingerprint density at radius 2 is 1.55 bits per heavy atom. The van der Waals surface area contributed by atoms with Crippen molar-refractivity contribution >= 4 is 29.0 Å². The first-order valence-electron chi connectivity index (χ1n) is 14.7. The van der Waals surface area contributed by atoms with Crippen molar-refractivity contribution in [3.05, 3.63) is 120 Å². The monoisotopic (exact) mass is 594 g/mol. The lowest BCUT2D eigenvalue weighted by molar-refractivity contribution is -0.137. The zero-order valence-corrected chi connectivity index (χ0v) is 25.1. The normalized spacial score (nSPS) is 11.3. The fourth-order valence-electron chi connectivity index (χ4n) is 4.89. The van der Waals surface area contributed by atoms with Crippen LogP contribution in [0.2, 0.25) is 0 Å². The van der Waals surface area contributed by atoms with Gasteiger partial charge in [-0.1, -0.05) is 73.7 Å². The minimum Gasteiger partial charge on any atom is -0.495 e. The summed E-state index contributed by atoms with van der Waals surface area (Å²) in [6, 6.07) is 29.6. The third-order valence-corrected chi connectivity index (χ3v) is 7.13. The SMILES string of the molecule is CCCC(=O)N(CCCOc1ccc(C[C@H](Nc2ccccc2C(=O)c2ccccc2)C(=O)O)cc1)c1ccccc1OC. The molecule has 4 rings (SSSR count). The smallest absolute Gasteiger partial charge is 0.326 e. The Bertz CT molecular complexity index is 1540. The first kappa shape index (κ1) is 31.8. The van der Waals surface area contributed by atoms with E-state index >= 15 is 0 Å². The molecule has 0 aliphatic heterocycles. The lowest BCUT2D eigenvalue weighted by Crippen LogP contribution is -2.32. The topological polar surface area (TPSA) is 105 Å². The number of carbonyl (C=O) groups is 3. The summed E-state index contributed by atoms with van der Waals surface area (Å²) in [6.07, 6.45) is 2.02. The number of amides is 1. The first-order chi connectivity index (χ1) is 21.4. The van der Waals surface area contributed by atoms with Gasteiger partial charge >= 0.3 is 5.97 Å². The number of ether oxygens (including phenoxy) is 2. The number of benzene rings is 4. The highest BCUT2D eigenvalue weighted by Crippen LogP contribution is 2.29. The number of rotatable bonds is 16. The fraction of sp³-hybridized carbons (Fsp3) is 0.250. The molecule has 2 N–H and O–H groups in total. The molecule has 0 spiro atoms. The molecule has 1 atom stereocenters. The Kier molecular flexibility index (Phi) is 11.5. The summed E-state index contributed by atoms with van der Waals surface area (Å²) < 4.78 is 11.4. The highest BCUT2D eigenvalue weighted by atomic mass is 16.5. The Morgan fingerprint density at radius 1 is 0.864 bits per heavy atom. The van der Waals surface area contributed by atoms with Gasteiger partial charge in [-0.2, -0.15) is 0 Å². The predicted octanol–water partition coefficient (Wildman–Crippen LogP) is 6.64. The Labute approximate surface area is 258 Å². The Balaban J connectivity index is 1.35. The summed E-state index contributed by atoms with van der Waals surface area (Å²) in [4.78, 5) is 39.9. The molecule has 4 aromatic carbocycles. The van der Waals surface area contributed by atoms with Gasteiger partial charge in [-0.15, -0.1) is 0 Å². The summed E-state index contributed by atoms with van der Waals surface area (Å²) >= 11 is 0. The third kappa shape index (κ3) is 8.47. The van der Waals surface area contributed by atoms with Gasteiger partial charge in [0.2, 0.25) is 5.91 Å². The number of methoxy groups -OCH3 is 1. The van der Waals surface area contributed by atoms with Crippen LogP contribution in [0.4, 0.5) is 11.4 Å². The minimum absolute atomic E-state index is 0.0370. The van der Waals surface area contributed by atoms with E-state index in [0.717, 1.165) is 17.7 Å². The van der Waals surface area contributed by atoms with Gasteiger partial charge in [-0.25, -0.2) is 4.79 Å². The molecule has 0 aliphatic carbocycles. The van der Waals surface area contributed by atoms with E-state index in [0.29, 0.717) is 54.3 Å². The molecule has 4 aromatic rings. The Morgan fingerprint density at radius 3 is 2.25 bits per heavy atom. The zero-order chi connectivity index (χ0) is 31.3. The molecule has 8 heteroatoms. The van der Waals surface area contributed by atoms with E-state index in [4.69, 9.17) is 9.47 Å². The van der Waals surface area contributed by atoms with Crippen LogP contribution in [0.5, 0.6) is 11.5 Å². The second-order valence-corrected chi connectivity index (χ2v) is 10.3. The third-order valence-electron chi connectivity index (χ3n) is 7.13. The summed E-state index contributed by atoms with van der Waals surface area (Å²) in [5.74, 6) is 0.129. The van der Waals surface area contributed by atoms with Gasteiger partial charge in [0.05, 0.1) is 19.4 Å². The number of para-hydroxylation sites is 3. The molecular formula is C36H38N2O6. The Hall–Kier alpha value is -5.11. The van der Waals surface area contributed by atoms with Crippen LogP contribution in [0.25, 0.3) is 0 Å². The summed E-state index contributed by atoms with van der Waals surface area (Å²) in [6.45, 7) is 2.86. The van der Waals surface area contributed by atoms with Crippen LogP contribution in [-0.2, 0) is 16.0 Å². The van der Waals surface area contributed by atoms with E-state index < -0.39 is 12.0 Å². The predicted molar refractivity (Wildman–Crippen MR) is 172 cm³/mol. The summed E-state index contributed by atoms with van der Waals surface area (Å²) in [7, 11) is 1.59. The van der Waals surface area contributed by atoms with E-state index in [-0.39, 0.29) is 18.1 Å². The highest BCUT2D eigenvalue weighted by Gasteiger charge is 2.22. The van der Waals surface area contributed by atoms with Crippen molar-refractivity contribution in [3.63, 3.8) is 0 Å². The second kappa shape index (κ2) is 15.9. The van der Waals surface area contributed by atoms with Crippen LogP contribution in [0.3, 0.4) is 0 Å². The summed E-state index contributed by atoms with van der Waals surface area (Å²) in [5, 5.41) is 13.0. The maximum absolute atomic E-state index is 13.1. The molecule has 0 radical (unpaired) electrons. The van der Waals surface area contributed by atoms with E-state index in [1.165, 1.54) is 0 Å². The number of anilines is 2. The first-order valence-corrected chi connectivity index (χ1v) is 14.7. The zero-order valence-electron chi connectivity index (χ0n) is 25.1. The molecule has 228 valence electrons. The molecule has 44 heavy (non-hydrogen) atoms. The molecule has 0 saturated heterocycles. The number of nitrogens with one attached hydrogen (secondary N) is 1. The second-order valence-electron chi connectivity index (χ2n) is 10.3. The maximum Gasteiger partial charge on any atom is 0.326 e. The lowest BCUT2D eigenvalue weighted by atomic mass is 10.00. The van der Waals surface area contributed by atoms with Gasteiger partial charge in [-0.3, -0.25) is 9.59 Å². The molecule has 0 fully saturated rings. The molecule has 8 nitrogen and oxygen atoms in total. The van der Waals surface area contributed by atoms with Crippen molar-refractivity contribution in [1.29, 1.82) is 0 Å². The van der Waals surface area contributed by atoms with Gasteiger partial charge < -0.3 is 24.8 Å². The van der Waals surface area contributed by atoms with Gasteiger partial charge in [0.15, 0.2) is 5.78 Å². The number of hydrogen-bond donors (Lipinski definition) is 2. The van der Waals surface area contributed by atoms with Crippen molar-refractivity contribution in [3.8, 4) is 11.5 Å². The van der Waals surface area contributed by atoms with E-state index in [1.807, 2.05) is 49.4 Å². The van der Waals surface area contributed by atoms with Crippen LogP contribution in [0, 0.1) is 0 Å². The standard InChI is InChI=1S/C36H38N2O6/c1-3-12-34(39)38(32-17-9-10-18-33(32)43-2)23-11-24-44-28-21-19-26(20-22-28)25-31(36(41)42)37-30-16-8-7-15-29(30)35(40)27-13-5-4-6-14-27/h4-10,13-22,31,37H,3,11-12,23-25H2,1-2H3,(H,41,42)/t31-/m0/s1. The van der Waals surface area contributed by atoms with E-state index in [1.54, 1.807) is 72.7 Å². The van der Waals surface area contributed by atoms with Gasteiger partial charge in [0, 0.05) is 36.2 Å². The van der Waals surface area contributed by atoms with Crippen molar-refractivity contribution in [2.75, 3.05) is 30.5 Å². The van der Waals surface area contributed by atoms with Crippen molar-refractivity contribution in [2.45, 2.75) is 38.6 Å². The number of aliphatic carboxylic acids is 1. The molecule has 0 heterocycles. The van der Waals surface area contributed by atoms with Crippen LogP contribution in [-0.4, -0.2) is 49.1 Å². The number of carboxylic acids is 1. The number of carbonyl (C=O) groups excluding carboxylic acids is 2. The van der Waals surface area contributed by atoms with E-state index in [9.17, 15) is 19.5 Å². The average molecular weight is 595 g/mol. The number of ketones is 1. The van der Waals surface area contributed by atoms with Crippen molar-refractivity contribution in [1.82, 2.24) is 0 Å². The van der Waals surface area contributed by atoms with Gasteiger partial charge in [0.1, 0.15) is 17.5 Å². The minimum atomic E-state index is -1.02. The number of nitrogens with zero attached hydrogens (tertiary/aromatic N) is 1. The number of hydrogen-bond acceptors (Lipinski definition) is 6. The van der Waals surface area contributed by atoms with Crippen LogP contribution < -0.4 is 19.7 Å².